The van der Waals surface area contributed by atoms with Crippen LogP contribution in [-0.4, -0.2) is 72.9 Å². The van der Waals surface area contributed by atoms with Crippen molar-refractivity contribution in [2.75, 3.05) is 46.0 Å². The molecular formula is C11H22N2O3. The third-order valence-corrected chi connectivity index (χ3v) is 2.86. The lowest BCUT2D eigenvalue weighted by Crippen LogP contribution is -2.51. The van der Waals surface area contributed by atoms with Crippen LogP contribution in [0.25, 0.3) is 0 Å². The molecule has 1 saturated heterocycles. The standard InChI is InChI=1S/C11H22N2O3/c1-10(2)12-3-5-13(6-4-12)11(15)9-16-8-7-14/h10,14H,3-9H2,1-2H3. The maximum atomic E-state index is 11.7. The molecule has 5 nitrogen and oxygen atoms in total. The molecule has 0 atom stereocenters. The van der Waals surface area contributed by atoms with Crippen molar-refractivity contribution in [1.82, 2.24) is 9.80 Å². The topological polar surface area (TPSA) is 53.0 Å². The van der Waals surface area contributed by atoms with E-state index in [4.69, 9.17) is 9.84 Å². The molecule has 1 amide bonds. The van der Waals surface area contributed by atoms with Crippen molar-refractivity contribution in [2.45, 2.75) is 19.9 Å². The highest BCUT2D eigenvalue weighted by atomic mass is 16.5. The zero-order chi connectivity index (χ0) is 12.0. The minimum atomic E-state index is -0.0333. The number of nitrogens with zero attached hydrogens (tertiary/aromatic N) is 2. The minimum absolute atomic E-state index is 0.0249. The number of carbonyl (C=O) groups excluding carboxylic acids is 1. The van der Waals surface area contributed by atoms with Gasteiger partial charge in [-0.2, -0.15) is 0 Å². The lowest BCUT2D eigenvalue weighted by molar-refractivity contribution is -0.138. The zero-order valence-electron chi connectivity index (χ0n) is 10.2. The van der Waals surface area contributed by atoms with Crippen molar-refractivity contribution in [3.05, 3.63) is 0 Å². The summed E-state index contributed by atoms with van der Waals surface area (Å²) in [5.41, 5.74) is 0. The highest BCUT2D eigenvalue weighted by molar-refractivity contribution is 5.77. The molecule has 0 saturated carbocycles. The third-order valence-electron chi connectivity index (χ3n) is 2.86. The summed E-state index contributed by atoms with van der Waals surface area (Å²) in [6, 6.07) is 0.544. The zero-order valence-corrected chi connectivity index (χ0v) is 10.2. The van der Waals surface area contributed by atoms with Crippen LogP contribution in [0, 0.1) is 0 Å². The Morgan fingerprint density at radius 2 is 1.94 bits per heavy atom. The quantitative estimate of drug-likeness (QED) is 0.650. The van der Waals surface area contributed by atoms with Crippen LogP contribution in [0.15, 0.2) is 0 Å². The van der Waals surface area contributed by atoms with E-state index in [0.717, 1.165) is 26.2 Å². The SMILES string of the molecule is CC(C)N1CCN(C(=O)COCCO)CC1. The van der Waals surface area contributed by atoms with E-state index in [1.165, 1.54) is 0 Å². The van der Waals surface area contributed by atoms with Crippen LogP contribution in [0.3, 0.4) is 0 Å². The first-order chi connectivity index (χ1) is 7.65. The number of aliphatic hydroxyl groups is 1. The first-order valence-electron chi connectivity index (χ1n) is 5.85. The van der Waals surface area contributed by atoms with Crippen LogP contribution in [0.2, 0.25) is 0 Å². The van der Waals surface area contributed by atoms with Crippen molar-refractivity contribution in [1.29, 1.82) is 0 Å². The molecule has 0 unspecified atom stereocenters. The van der Waals surface area contributed by atoms with Gasteiger partial charge >= 0.3 is 0 Å². The summed E-state index contributed by atoms with van der Waals surface area (Å²) in [6.07, 6.45) is 0. The lowest BCUT2D eigenvalue weighted by atomic mass is 10.2. The first kappa shape index (κ1) is 13.4. The normalized spacial score (nSPS) is 18.1. The summed E-state index contributed by atoms with van der Waals surface area (Å²) < 4.78 is 5.02. The van der Waals surface area contributed by atoms with Gasteiger partial charge in [0.1, 0.15) is 6.61 Å². The van der Waals surface area contributed by atoms with Gasteiger partial charge in [-0.25, -0.2) is 0 Å². The first-order valence-corrected chi connectivity index (χ1v) is 5.85. The van der Waals surface area contributed by atoms with Crippen molar-refractivity contribution in [2.24, 2.45) is 0 Å². The Morgan fingerprint density at radius 1 is 1.31 bits per heavy atom. The van der Waals surface area contributed by atoms with E-state index in [-0.39, 0.29) is 25.7 Å². The maximum absolute atomic E-state index is 11.7. The molecule has 0 aromatic carbocycles. The average Bonchev–Trinajstić information content (AvgIpc) is 2.29. The molecule has 1 N–H and O–H groups in total. The molecule has 1 fully saturated rings. The van der Waals surface area contributed by atoms with E-state index in [0.29, 0.717) is 6.04 Å². The second-order valence-corrected chi connectivity index (χ2v) is 4.29. The Kier molecular flexibility index (Phi) is 5.73. The molecule has 1 rings (SSSR count). The second-order valence-electron chi connectivity index (χ2n) is 4.29. The van der Waals surface area contributed by atoms with Gasteiger partial charge in [0, 0.05) is 32.2 Å². The molecule has 0 aromatic heterocycles. The number of hydrogen-bond acceptors (Lipinski definition) is 4. The molecule has 0 aliphatic carbocycles. The molecule has 0 radical (unpaired) electrons. The number of carbonyl (C=O) groups is 1. The van der Waals surface area contributed by atoms with E-state index < -0.39 is 0 Å². The minimum Gasteiger partial charge on any atom is -0.394 e. The van der Waals surface area contributed by atoms with Gasteiger partial charge in [0.05, 0.1) is 13.2 Å². The number of hydrogen-bond donors (Lipinski definition) is 1. The molecule has 0 spiro atoms. The molecule has 1 aliphatic heterocycles. The molecule has 0 aromatic rings. The van der Waals surface area contributed by atoms with E-state index in [2.05, 4.69) is 18.7 Å². The summed E-state index contributed by atoms with van der Waals surface area (Å²) in [6.45, 7) is 8.05. The van der Waals surface area contributed by atoms with Gasteiger partial charge < -0.3 is 14.7 Å². The summed E-state index contributed by atoms with van der Waals surface area (Å²) >= 11 is 0. The Morgan fingerprint density at radius 3 is 2.44 bits per heavy atom. The largest absolute Gasteiger partial charge is 0.394 e. The Balaban J connectivity index is 2.22. The number of piperazine rings is 1. The Hall–Kier alpha value is -0.650. The molecular weight excluding hydrogens is 208 g/mol. The Bertz CT molecular complexity index is 213. The Labute approximate surface area is 97.0 Å². The van der Waals surface area contributed by atoms with Crippen LogP contribution in [0.1, 0.15) is 13.8 Å². The fraction of sp³-hybridized carbons (Fsp3) is 0.909. The number of amides is 1. The third kappa shape index (κ3) is 4.08. The maximum Gasteiger partial charge on any atom is 0.248 e. The van der Waals surface area contributed by atoms with Gasteiger partial charge in [-0.1, -0.05) is 0 Å². The molecule has 1 aliphatic rings. The van der Waals surface area contributed by atoms with Crippen LogP contribution in [-0.2, 0) is 9.53 Å². The molecule has 16 heavy (non-hydrogen) atoms. The summed E-state index contributed by atoms with van der Waals surface area (Å²) in [4.78, 5) is 15.8. The predicted octanol–water partition coefficient (Wildman–Crippen LogP) is -0.452. The van der Waals surface area contributed by atoms with Crippen LogP contribution >= 0.6 is 0 Å². The van der Waals surface area contributed by atoms with E-state index >= 15 is 0 Å². The van der Waals surface area contributed by atoms with Crippen LogP contribution < -0.4 is 0 Å². The number of aliphatic hydroxyl groups excluding tert-OH is 1. The molecule has 94 valence electrons. The van der Waals surface area contributed by atoms with Gasteiger partial charge in [-0.3, -0.25) is 9.69 Å². The van der Waals surface area contributed by atoms with Gasteiger partial charge in [0.2, 0.25) is 5.91 Å². The fourth-order valence-corrected chi connectivity index (χ4v) is 1.80. The van der Waals surface area contributed by atoms with Crippen LogP contribution in [0.5, 0.6) is 0 Å². The monoisotopic (exact) mass is 230 g/mol. The lowest BCUT2D eigenvalue weighted by Gasteiger charge is -2.36. The van der Waals surface area contributed by atoms with Gasteiger partial charge in [0.25, 0.3) is 0 Å². The number of rotatable bonds is 5. The van der Waals surface area contributed by atoms with Gasteiger partial charge in [-0.15, -0.1) is 0 Å². The molecule has 0 bridgehead atoms. The molecule has 1 heterocycles. The van der Waals surface area contributed by atoms with Crippen molar-refractivity contribution in [3.63, 3.8) is 0 Å². The number of ether oxygens (including phenoxy) is 1. The van der Waals surface area contributed by atoms with Crippen LogP contribution in [0.4, 0.5) is 0 Å². The smallest absolute Gasteiger partial charge is 0.248 e. The van der Waals surface area contributed by atoms with E-state index in [9.17, 15) is 4.79 Å². The van der Waals surface area contributed by atoms with E-state index in [1.807, 2.05) is 4.90 Å². The highest BCUT2D eigenvalue weighted by Gasteiger charge is 2.21. The summed E-state index contributed by atoms with van der Waals surface area (Å²) in [7, 11) is 0. The van der Waals surface area contributed by atoms with Crippen molar-refractivity contribution >= 4 is 5.91 Å². The van der Waals surface area contributed by atoms with Gasteiger partial charge in [0.15, 0.2) is 0 Å². The average molecular weight is 230 g/mol. The molecule has 5 heteroatoms. The predicted molar refractivity (Wildman–Crippen MR) is 61.2 cm³/mol. The van der Waals surface area contributed by atoms with Crippen molar-refractivity contribution < 1.29 is 14.6 Å². The summed E-state index contributed by atoms with van der Waals surface area (Å²) in [5.74, 6) is 0.0249. The van der Waals surface area contributed by atoms with Gasteiger partial charge in [-0.05, 0) is 13.8 Å². The van der Waals surface area contributed by atoms with E-state index in [1.54, 1.807) is 0 Å². The summed E-state index contributed by atoms with van der Waals surface area (Å²) in [5, 5.41) is 8.53. The second kappa shape index (κ2) is 6.83. The fourth-order valence-electron chi connectivity index (χ4n) is 1.80. The van der Waals surface area contributed by atoms with Crippen molar-refractivity contribution in [3.8, 4) is 0 Å². The highest BCUT2D eigenvalue weighted by Crippen LogP contribution is 2.05.